The van der Waals surface area contributed by atoms with Crippen molar-refractivity contribution in [2.24, 2.45) is 0 Å². The molecule has 0 aliphatic carbocycles. The maximum atomic E-state index is 13.1. The second-order valence-corrected chi connectivity index (χ2v) is 6.65. The number of hydrogen-bond acceptors (Lipinski definition) is 3. The van der Waals surface area contributed by atoms with E-state index in [0.717, 1.165) is 22.9 Å². The van der Waals surface area contributed by atoms with Crippen molar-refractivity contribution in [1.29, 1.82) is 0 Å². The molecule has 4 aromatic rings. The fourth-order valence-electron chi connectivity index (χ4n) is 3.18. The zero-order valence-electron chi connectivity index (χ0n) is 14.3. The van der Waals surface area contributed by atoms with E-state index in [-0.39, 0.29) is 12.2 Å². The lowest BCUT2D eigenvalue weighted by Crippen LogP contribution is -2.12. The number of rotatable bonds is 4. The van der Waals surface area contributed by atoms with Crippen molar-refractivity contribution in [3.63, 3.8) is 0 Å². The highest BCUT2D eigenvalue weighted by molar-refractivity contribution is 6.35. The normalized spacial score (nSPS) is 12.3. The Hall–Kier alpha value is -2.61. The van der Waals surface area contributed by atoms with E-state index in [1.165, 1.54) is 4.52 Å². The number of halogens is 4. The van der Waals surface area contributed by atoms with Gasteiger partial charge in [0.15, 0.2) is 5.65 Å². The second kappa shape index (κ2) is 6.53. The minimum Gasteiger partial charge on any atom is -0.257 e. The second-order valence-electron chi connectivity index (χ2n) is 6.24. The minimum absolute atomic E-state index is 0.153. The fraction of sp³-hybridized carbons (Fsp3) is 0.278. The van der Waals surface area contributed by atoms with E-state index < -0.39 is 12.0 Å². The Kier molecular flexibility index (Phi) is 4.30. The molecule has 4 rings (SSSR count). The van der Waals surface area contributed by atoms with Gasteiger partial charge in [0.25, 0.3) is 5.82 Å². The monoisotopic (exact) mass is 393 g/mol. The van der Waals surface area contributed by atoms with Gasteiger partial charge in [-0.15, -0.1) is 5.10 Å². The van der Waals surface area contributed by atoms with Gasteiger partial charge in [-0.3, -0.25) is 4.68 Å². The molecule has 3 aromatic heterocycles. The van der Waals surface area contributed by atoms with Crippen molar-refractivity contribution in [2.75, 3.05) is 0 Å². The summed E-state index contributed by atoms with van der Waals surface area (Å²) in [7, 11) is 0. The Morgan fingerprint density at radius 1 is 1.15 bits per heavy atom. The van der Waals surface area contributed by atoms with Crippen LogP contribution in [0.1, 0.15) is 30.4 Å². The number of nitrogens with zero attached hydrogens (tertiary/aromatic N) is 5. The van der Waals surface area contributed by atoms with E-state index in [1.807, 2.05) is 19.1 Å². The molecule has 0 saturated carbocycles. The van der Waals surface area contributed by atoms with Crippen LogP contribution in [0.4, 0.5) is 13.2 Å². The highest BCUT2D eigenvalue weighted by atomic mass is 35.5. The summed E-state index contributed by atoms with van der Waals surface area (Å²) in [5, 5.41) is 9.47. The molecule has 5 nitrogen and oxygen atoms in total. The van der Waals surface area contributed by atoms with Crippen molar-refractivity contribution >= 4 is 28.2 Å². The molecule has 0 bridgehead atoms. The number of aromatic nitrogens is 5. The first-order valence-corrected chi connectivity index (χ1v) is 8.81. The standard InChI is InChI=1S/C18H15ClF3N5/c1-2-4-11-7-8-15-24-17(18(20,21)22)25-27(15)14(11)10-26-16-12(9-23-26)5-3-6-13(16)19/h3,5-9H,2,4,10H2,1H3. The van der Waals surface area contributed by atoms with Gasteiger partial charge in [-0.2, -0.15) is 18.3 Å². The molecule has 0 amide bonds. The number of alkyl halides is 3. The summed E-state index contributed by atoms with van der Waals surface area (Å²) in [6.07, 6.45) is -1.36. The molecule has 0 fully saturated rings. The molecule has 27 heavy (non-hydrogen) atoms. The lowest BCUT2D eigenvalue weighted by molar-refractivity contribution is -0.144. The summed E-state index contributed by atoms with van der Waals surface area (Å²) >= 11 is 6.31. The average Bonchev–Trinajstić information content (AvgIpc) is 3.22. The van der Waals surface area contributed by atoms with Crippen LogP contribution in [0.25, 0.3) is 16.6 Å². The Morgan fingerprint density at radius 3 is 2.70 bits per heavy atom. The lowest BCUT2D eigenvalue weighted by atomic mass is 10.1. The van der Waals surface area contributed by atoms with Crippen molar-refractivity contribution in [1.82, 2.24) is 24.4 Å². The molecular weight excluding hydrogens is 379 g/mol. The number of fused-ring (bicyclic) bond motifs is 2. The van der Waals surface area contributed by atoms with Gasteiger partial charge in [0.2, 0.25) is 0 Å². The van der Waals surface area contributed by atoms with Crippen LogP contribution in [0.3, 0.4) is 0 Å². The first-order valence-electron chi connectivity index (χ1n) is 8.43. The number of aryl methyl sites for hydroxylation is 1. The van der Waals surface area contributed by atoms with E-state index >= 15 is 0 Å². The fourth-order valence-corrected chi connectivity index (χ4v) is 3.46. The zero-order valence-corrected chi connectivity index (χ0v) is 15.1. The van der Waals surface area contributed by atoms with Crippen molar-refractivity contribution < 1.29 is 13.2 Å². The van der Waals surface area contributed by atoms with Crippen LogP contribution in [0.2, 0.25) is 5.02 Å². The van der Waals surface area contributed by atoms with Crippen molar-refractivity contribution in [2.45, 2.75) is 32.5 Å². The summed E-state index contributed by atoms with van der Waals surface area (Å²) < 4.78 is 42.2. The molecule has 0 N–H and O–H groups in total. The maximum Gasteiger partial charge on any atom is 0.453 e. The van der Waals surface area contributed by atoms with Crippen molar-refractivity contribution in [3.05, 3.63) is 58.6 Å². The predicted molar refractivity (Wildman–Crippen MR) is 95.8 cm³/mol. The maximum absolute atomic E-state index is 13.1. The first-order chi connectivity index (χ1) is 12.9. The van der Waals surface area contributed by atoms with Gasteiger partial charge in [-0.1, -0.05) is 43.1 Å². The van der Waals surface area contributed by atoms with E-state index in [0.29, 0.717) is 17.1 Å². The largest absolute Gasteiger partial charge is 0.453 e. The molecule has 9 heteroatoms. The highest BCUT2D eigenvalue weighted by Crippen LogP contribution is 2.28. The predicted octanol–water partition coefficient (Wildman–Crippen LogP) is 4.75. The molecule has 0 aliphatic rings. The van der Waals surface area contributed by atoms with Crippen molar-refractivity contribution in [3.8, 4) is 0 Å². The van der Waals surface area contributed by atoms with Crippen LogP contribution in [-0.2, 0) is 19.1 Å². The molecule has 0 aliphatic heterocycles. The number of para-hydroxylation sites is 1. The molecule has 0 atom stereocenters. The Morgan fingerprint density at radius 2 is 1.96 bits per heavy atom. The Labute approximate surface area is 157 Å². The molecule has 0 saturated heterocycles. The van der Waals surface area contributed by atoms with E-state index in [4.69, 9.17) is 11.6 Å². The van der Waals surface area contributed by atoms with Gasteiger partial charge in [0.05, 0.1) is 29.0 Å². The van der Waals surface area contributed by atoms with E-state index in [9.17, 15) is 13.2 Å². The quantitative estimate of drug-likeness (QED) is 0.502. The third-order valence-corrected chi connectivity index (χ3v) is 4.68. The minimum atomic E-state index is -4.60. The Balaban J connectivity index is 1.90. The highest BCUT2D eigenvalue weighted by Gasteiger charge is 2.36. The molecule has 140 valence electrons. The van der Waals surface area contributed by atoms with Gasteiger partial charge >= 0.3 is 6.18 Å². The third kappa shape index (κ3) is 3.14. The van der Waals surface area contributed by atoms with E-state index in [1.54, 1.807) is 29.1 Å². The molecule has 0 radical (unpaired) electrons. The summed E-state index contributed by atoms with van der Waals surface area (Å²) in [5.41, 5.74) is 2.40. The molecule has 0 spiro atoms. The smallest absolute Gasteiger partial charge is 0.257 e. The lowest BCUT2D eigenvalue weighted by Gasteiger charge is -2.12. The third-order valence-electron chi connectivity index (χ3n) is 4.38. The average molecular weight is 394 g/mol. The van der Waals surface area contributed by atoms with Crippen LogP contribution in [0.15, 0.2) is 36.5 Å². The molecule has 1 aromatic carbocycles. The molecule has 3 heterocycles. The Bertz CT molecular complexity index is 1130. The number of hydrogen-bond donors (Lipinski definition) is 0. The number of benzene rings is 1. The summed E-state index contributed by atoms with van der Waals surface area (Å²) in [5.74, 6) is -1.15. The van der Waals surface area contributed by atoms with Crippen LogP contribution >= 0.6 is 11.6 Å². The summed E-state index contributed by atoms with van der Waals surface area (Å²) in [6, 6.07) is 8.83. The molecular formula is C18H15ClF3N5. The van der Waals surface area contributed by atoms with Gasteiger partial charge in [-0.05, 0) is 24.1 Å². The van der Waals surface area contributed by atoms with Gasteiger partial charge < -0.3 is 0 Å². The summed E-state index contributed by atoms with van der Waals surface area (Å²) in [4.78, 5) is 3.63. The number of pyridine rings is 1. The van der Waals surface area contributed by atoms with Crippen LogP contribution in [0, 0.1) is 0 Å². The topological polar surface area (TPSA) is 48.0 Å². The van der Waals surface area contributed by atoms with E-state index in [2.05, 4.69) is 15.2 Å². The van der Waals surface area contributed by atoms with Crippen LogP contribution in [0.5, 0.6) is 0 Å². The molecule has 0 unspecified atom stereocenters. The van der Waals surface area contributed by atoms with Gasteiger partial charge in [-0.25, -0.2) is 9.50 Å². The zero-order chi connectivity index (χ0) is 19.2. The summed E-state index contributed by atoms with van der Waals surface area (Å²) in [6.45, 7) is 2.25. The SMILES string of the molecule is CCCc1ccc2nc(C(F)(F)F)nn2c1Cn1ncc2cccc(Cl)c21. The first kappa shape index (κ1) is 17.8. The van der Waals surface area contributed by atoms with Gasteiger partial charge in [0.1, 0.15) is 0 Å². The van der Waals surface area contributed by atoms with Crippen LogP contribution in [-0.4, -0.2) is 24.4 Å². The van der Waals surface area contributed by atoms with Gasteiger partial charge in [0, 0.05) is 5.39 Å². The van der Waals surface area contributed by atoms with Crippen LogP contribution < -0.4 is 0 Å².